The molecule has 12 rings (SSSR count). The highest BCUT2D eigenvalue weighted by Crippen LogP contribution is 2.27. The summed E-state index contributed by atoms with van der Waals surface area (Å²) >= 11 is 0. The summed E-state index contributed by atoms with van der Waals surface area (Å²) in [6, 6.07) is 21.0. The number of amides is 1. The highest BCUT2D eigenvalue weighted by molar-refractivity contribution is 5.79. The molecule has 0 bridgehead atoms. The molecule has 71 heavy (non-hydrogen) atoms. The molecular weight excluding hydrogens is 897 g/mol. The van der Waals surface area contributed by atoms with E-state index >= 15 is 0 Å². The number of benzene rings is 2. The maximum absolute atomic E-state index is 12.4. The quantitative estimate of drug-likeness (QED) is 0.154. The molecule has 10 aromatic rings. The van der Waals surface area contributed by atoms with Gasteiger partial charge < -0.3 is 15.0 Å². The summed E-state index contributed by atoms with van der Waals surface area (Å²) in [6.45, 7) is 8.97. The van der Waals surface area contributed by atoms with Gasteiger partial charge in [0.05, 0.1) is 47.9 Å². The Balaban J connectivity index is 0.000000174. The van der Waals surface area contributed by atoms with Gasteiger partial charge in [-0.2, -0.15) is 29.4 Å². The highest BCUT2D eigenvalue weighted by Gasteiger charge is 2.28. The fourth-order valence-electron chi connectivity index (χ4n) is 8.85. The van der Waals surface area contributed by atoms with Gasteiger partial charge in [0, 0.05) is 72.6 Å². The van der Waals surface area contributed by atoms with E-state index in [4.69, 9.17) is 14.9 Å². The Hall–Kier alpha value is -8.13. The van der Waals surface area contributed by atoms with E-state index in [9.17, 15) is 4.79 Å². The third kappa shape index (κ3) is 10.6. The summed E-state index contributed by atoms with van der Waals surface area (Å²) < 4.78 is 12.9. The Labute approximate surface area is 410 Å². The van der Waals surface area contributed by atoms with E-state index < -0.39 is 5.60 Å². The molecule has 2 aliphatic heterocycles. The number of ether oxygens (including phenoxy) is 1. The summed E-state index contributed by atoms with van der Waals surface area (Å²) in [4.78, 5) is 31.9. The predicted molar refractivity (Wildman–Crippen MR) is 269 cm³/mol. The third-order valence-corrected chi connectivity index (χ3v) is 12.4. The first-order valence-corrected chi connectivity index (χ1v) is 23.3. The molecule has 0 saturated carbocycles. The van der Waals surface area contributed by atoms with Crippen LogP contribution < -0.4 is 5.32 Å². The molecule has 0 aliphatic carbocycles. The molecule has 2 saturated heterocycles. The van der Waals surface area contributed by atoms with E-state index in [0.29, 0.717) is 55.0 Å². The van der Waals surface area contributed by atoms with Crippen LogP contribution in [0.25, 0.3) is 55.9 Å². The van der Waals surface area contributed by atoms with Gasteiger partial charge in [0.25, 0.3) is 11.6 Å². The van der Waals surface area contributed by atoms with E-state index in [1.165, 1.54) is 0 Å². The minimum atomic E-state index is -0.496. The van der Waals surface area contributed by atoms with Crippen LogP contribution in [0.1, 0.15) is 96.2 Å². The number of piperidine rings is 2. The van der Waals surface area contributed by atoms with Gasteiger partial charge in [-0.1, -0.05) is 39.1 Å². The molecule has 0 spiro atoms. The first-order valence-electron chi connectivity index (χ1n) is 23.3. The van der Waals surface area contributed by atoms with Crippen molar-refractivity contribution in [2.24, 2.45) is 0 Å². The number of hydrogen-bond acceptors (Lipinski definition) is 15. The van der Waals surface area contributed by atoms with Crippen molar-refractivity contribution < 1.29 is 9.53 Å². The van der Waals surface area contributed by atoms with Crippen LogP contribution >= 0.6 is 0 Å². The van der Waals surface area contributed by atoms with Gasteiger partial charge >= 0.3 is 6.09 Å². The molecule has 0 unspecified atom stereocenters. The lowest BCUT2D eigenvalue weighted by Gasteiger charge is -2.33. The maximum atomic E-state index is 12.4. The van der Waals surface area contributed by atoms with Crippen molar-refractivity contribution >= 4 is 39.5 Å². The number of carbonyl (C=O) groups excluding carboxylic acids is 1. The molecule has 20 heteroatoms. The standard InChI is InChI=1S/C27H29N9O2.C22H21N9.2CH4/c1-27(2,3)38-26(37)34-11-8-21(9-12-34)35-17-20(15-30-35)23-16-29-25-32-31-24(36(25)33-23)14-18-6-7-22-19(13-18)5-4-10-28-22;1-2-16-10-15(3-4-19(16)24-7-1)11-21-27-28-22-25-13-20(29-31(21)22)17-12-26-30(14-17)18-5-8-23-9-6-18;;/h4-7,10,13,15-17,21H,8-9,11-12,14H2,1-3H3;1-4,7,10,12-14,18,23H,5-6,8-9,11H2;2*1H4. The Bertz CT molecular complexity index is 3430. The largest absolute Gasteiger partial charge is 0.444 e. The molecule has 0 radical (unpaired) electrons. The molecule has 20 nitrogen and oxygen atoms in total. The van der Waals surface area contributed by atoms with E-state index in [0.717, 1.165) is 94.4 Å². The van der Waals surface area contributed by atoms with Crippen LogP contribution in [0.4, 0.5) is 4.79 Å². The van der Waals surface area contributed by atoms with Crippen LogP contribution in [-0.4, -0.2) is 122 Å². The predicted octanol–water partition coefficient (Wildman–Crippen LogP) is 7.81. The number of hydrogen-bond donors (Lipinski definition) is 1. The zero-order valence-electron chi connectivity index (χ0n) is 38.5. The van der Waals surface area contributed by atoms with Gasteiger partial charge in [-0.15, -0.1) is 20.4 Å². The van der Waals surface area contributed by atoms with Crippen LogP contribution in [0, 0.1) is 0 Å². The second kappa shape index (κ2) is 20.5. The van der Waals surface area contributed by atoms with Gasteiger partial charge in [-0.05, 0) is 107 Å². The van der Waals surface area contributed by atoms with Gasteiger partial charge in [0.15, 0.2) is 11.6 Å². The average molecular weight is 955 g/mol. The van der Waals surface area contributed by atoms with Gasteiger partial charge in [-0.25, -0.2) is 14.8 Å². The monoisotopic (exact) mass is 954 g/mol. The molecule has 8 aromatic heterocycles. The van der Waals surface area contributed by atoms with Crippen molar-refractivity contribution in [3.05, 3.63) is 133 Å². The highest BCUT2D eigenvalue weighted by atomic mass is 16.6. The zero-order valence-corrected chi connectivity index (χ0v) is 38.5. The average Bonchev–Trinajstić information content (AvgIpc) is 4.22. The number of pyridine rings is 2. The first-order chi connectivity index (χ1) is 33.7. The fourth-order valence-corrected chi connectivity index (χ4v) is 8.85. The van der Waals surface area contributed by atoms with E-state index in [-0.39, 0.29) is 27.0 Å². The van der Waals surface area contributed by atoms with Crippen molar-refractivity contribution in [3.63, 3.8) is 0 Å². The van der Waals surface area contributed by atoms with Crippen LogP contribution in [0.3, 0.4) is 0 Å². The van der Waals surface area contributed by atoms with Crippen LogP contribution in [0.5, 0.6) is 0 Å². The number of likely N-dealkylation sites (tertiary alicyclic amines) is 1. The number of nitrogens with one attached hydrogen (secondary N) is 1. The third-order valence-electron chi connectivity index (χ3n) is 12.4. The fraction of sp³-hybridized carbons (Fsp3) is 0.353. The van der Waals surface area contributed by atoms with Crippen molar-refractivity contribution in [1.82, 2.24) is 89.3 Å². The lowest BCUT2D eigenvalue weighted by molar-refractivity contribution is 0.0184. The summed E-state index contributed by atoms with van der Waals surface area (Å²) in [5.41, 5.74) is 6.93. The molecule has 10 heterocycles. The molecule has 2 fully saturated rings. The number of rotatable bonds is 8. The van der Waals surface area contributed by atoms with Crippen molar-refractivity contribution in [2.75, 3.05) is 26.2 Å². The number of aromatic nitrogens is 16. The van der Waals surface area contributed by atoms with Crippen molar-refractivity contribution in [1.29, 1.82) is 0 Å². The molecule has 1 amide bonds. The minimum Gasteiger partial charge on any atom is -0.444 e. The summed E-state index contributed by atoms with van der Waals surface area (Å²) in [5, 5.41) is 41.4. The summed E-state index contributed by atoms with van der Waals surface area (Å²) in [7, 11) is 0. The van der Waals surface area contributed by atoms with Crippen molar-refractivity contribution in [2.45, 2.75) is 91.8 Å². The van der Waals surface area contributed by atoms with E-state index in [1.807, 2.05) is 74.2 Å². The lowest BCUT2D eigenvalue weighted by atomic mass is 10.1. The first kappa shape index (κ1) is 47.9. The Morgan fingerprint density at radius 3 is 1.62 bits per heavy atom. The Morgan fingerprint density at radius 1 is 0.634 bits per heavy atom. The van der Waals surface area contributed by atoms with Crippen LogP contribution in [-0.2, 0) is 17.6 Å². The maximum Gasteiger partial charge on any atom is 0.410 e. The second-order valence-corrected chi connectivity index (χ2v) is 18.5. The van der Waals surface area contributed by atoms with Gasteiger partial charge in [0.2, 0.25) is 0 Å². The van der Waals surface area contributed by atoms with E-state index in [1.54, 1.807) is 44.9 Å². The number of fused-ring (bicyclic) bond motifs is 4. The molecule has 2 aromatic carbocycles. The van der Waals surface area contributed by atoms with E-state index in [2.05, 4.69) is 91.0 Å². The van der Waals surface area contributed by atoms with Crippen molar-refractivity contribution in [3.8, 4) is 22.5 Å². The van der Waals surface area contributed by atoms with Crippen LogP contribution in [0.15, 0.2) is 110 Å². The Morgan fingerprint density at radius 2 is 1.13 bits per heavy atom. The topological polar surface area (TPSA) is 215 Å². The number of nitrogens with zero attached hydrogens (tertiary/aromatic N) is 17. The van der Waals surface area contributed by atoms with Gasteiger partial charge in [-0.3, -0.25) is 19.3 Å². The number of carbonyl (C=O) groups is 1. The SMILES string of the molecule is C.C.CC(C)(C)OC(=O)N1CCC(n2cc(-c3cnc4nnc(Cc5ccc6ncccc6c5)n4n3)cn2)CC1.c1cnc2ccc(Cc3nnc4ncc(-c5cnn(C6CCNCC6)c5)nn34)cc2c1. The molecule has 2 aliphatic rings. The molecule has 1 N–H and O–H groups in total. The molecular formula is C51H58N18O2. The van der Waals surface area contributed by atoms with Crippen LogP contribution in [0.2, 0.25) is 0 Å². The zero-order chi connectivity index (χ0) is 46.9. The minimum absolute atomic E-state index is 0. The Kier molecular flexibility index (Phi) is 13.8. The smallest absolute Gasteiger partial charge is 0.410 e. The second-order valence-electron chi connectivity index (χ2n) is 18.5. The summed E-state index contributed by atoms with van der Waals surface area (Å²) in [6.07, 6.45) is 19.4. The van der Waals surface area contributed by atoms with Gasteiger partial charge in [0.1, 0.15) is 17.0 Å². The lowest BCUT2D eigenvalue weighted by Crippen LogP contribution is -2.42. The summed E-state index contributed by atoms with van der Waals surface area (Å²) in [5.74, 6) is 2.40. The normalized spacial score (nSPS) is 14.5. The molecule has 0 atom stereocenters. The molecule has 364 valence electrons.